The van der Waals surface area contributed by atoms with Gasteiger partial charge in [0.1, 0.15) is 11.6 Å². The van der Waals surface area contributed by atoms with Crippen molar-refractivity contribution in [2.75, 3.05) is 50.0 Å². The van der Waals surface area contributed by atoms with Crippen LogP contribution in [0.15, 0.2) is 49.0 Å². The molecular weight excluding hydrogens is 362 g/mol. The quantitative estimate of drug-likeness (QED) is 0.711. The van der Waals surface area contributed by atoms with Gasteiger partial charge in [0.25, 0.3) is 0 Å². The van der Waals surface area contributed by atoms with Crippen LogP contribution in [0.3, 0.4) is 0 Å². The number of ether oxygens (including phenoxy) is 1. The van der Waals surface area contributed by atoms with E-state index in [0.29, 0.717) is 24.0 Å². The van der Waals surface area contributed by atoms with E-state index in [1.807, 2.05) is 31.2 Å². The minimum atomic E-state index is 0.503. The summed E-state index contributed by atoms with van der Waals surface area (Å²) in [5.74, 6) is 2.11. The van der Waals surface area contributed by atoms with E-state index in [1.54, 1.807) is 0 Å². The number of hydrogen-bond acceptors (Lipinski definition) is 6. The van der Waals surface area contributed by atoms with E-state index in [-0.39, 0.29) is 0 Å². The summed E-state index contributed by atoms with van der Waals surface area (Å²) in [6, 6.07) is 7.68. The molecule has 3 rings (SSSR count). The third-order valence-corrected chi connectivity index (χ3v) is 4.85. The number of nitrogens with two attached hydrogens (primary N) is 1. The van der Waals surface area contributed by atoms with Crippen molar-refractivity contribution in [3.05, 3.63) is 54.0 Å². The van der Waals surface area contributed by atoms with Gasteiger partial charge in [-0.3, -0.25) is 0 Å². The zero-order valence-corrected chi connectivity index (χ0v) is 16.4. The zero-order valence-electron chi connectivity index (χ0n) is 15.7. The van der Waals surface area contributed by atoms with E-state index in [9.17, 15) is 0 Å². The van der Waals surface area contributed by atoms with E-state index < -0.39 is 0 Å². The van der Waals surface area contributed by atoms with Crippen molar-refractivity contribution in [3.8, 4) is 0 Å². The van der Waals surface area contributed by atoms with Crippen LogP contribution in [-0.4, -0.2) is 49.2 Å². The molecule has 1 aliphatic rings. The fraction of sp³-hybridized carbons (Fsp3) is 0.350. The summed E-state index contributed by atoms with van der Waals surface area (Å²) >= 11 is 6.10. The smallest absolute Gasteiger partial charge is 0.126 e. The van der Waals surface area contributed by atoms with E-state index in [2.05, 4.69) is 33.3 Å². The van der Waals surface area contributed by atoms with Gasteiger partial charge in [-0.05, 0) is 25.1 Å². The third kappa shape index (κ3) is 4.57. The van der Waals surface area contributed by atoms with Crippen LogP contribution in [0.2, 0.25) is 5.02 Å². The van der Waals surface area contributed by atoms with Crippen LogP contribution >= 0.6 is 11.6 Å². The number of pyridine rings is 1. The summed E-state index contributed by atoms with van der Waals surface area (Å²) in [6.45, 7) is 14.6. The van der Waals surface area contributed by atoms with Gasteiger partial charge < -0.3 is 25.6 Å². The van der Waals surface area contributed by atoms with Gasteiger partial charge in [0, 0.05) is 48.3 Å². The van der Waals surface area contributed by atoms with E-state index in [0.717, 1.165) is 54.3 Å². The van der Waals surface area contributed by atoms with E-state index in [1.165, 1.54) is 0 Å². The maximum Gasteiger partial charge on any atom is 0.126 e. The standard InChI is InChI=1S/C20H26ClN5O/c1-4-27-14(2)13-23-15(3)25-7-9-26(10-8-25)19-12-20(22)24-18-11-16(21)5-6-17(18)19/h5-6,11-12,23H,2-4,7-10,13H2,1H3,(H2,22,24). The maximum absolute atomic E-state index is 6.10. The van der Waals surface area contributed by atoms with Gasteiger partial charge in [0.05, 0.1) is 24.5 Å². The lowest BCUT2D eigenvalue weighted by atomic mass is 10.1. The molecule has 0 unspecified atom stereocenters. The average molecular weight is 388 g/mol. The third-order valence-electron chi connectivity index (χ3n) is 4.61. The van der Waals surface area contributed by atoms with Gasteiger partial charge in [0.2, 0.25) is 0 Å². The Morgan fingerprint density at radius 1 is 1.26 bits per heavy atom. The molecule has 0 atom stereocenters. The van der Waals surface area contributed by atoms with Gasteiger partial charge in [-0.2, -0.15) is 0 Å². The SMILES string of the molecule is C=C(CNC(=C)N1CCN(c2cc(N)nc3cc(Cl)ccc23)CC1)OCC. The molecule has 0 amide bonds. The molecule has 1 aliphatic heterocycles. The zero-order chi connectivity index (χ0) is 19.4. The minimum absolute atomic E-state index is 0.503. The van der Waals surface area contributed by atoms with Crippen molar-refractivity contribution in [1.29, 1.82) is 0 Å². The number of halogens is 1. The first-order valence-corrected chi connectivity index (χ1v) is 9.44. The van der Waals surface area contributed by atoms with Crippen molar-refractivity contribution in [3.63, 3.8) is 0 Å². The number of rotatable bonds is 7. The van der Waals surface area contributed by atoms with Crippen LogP contribution in [-0.2, 0) is 4.74 Å². The van der Waals surface area contributed by atoms with Gasteiger partial charge >= 0.3 is 0 Å². The van der Waals surface area contributed by atoms with Crippen LogP contribution < -0.4 is 16.0 Å². The number of aromatic nitrogens is 1. The highest BCUT2D eigenvalue weighted by Crippen LogP contribution is 2.30. The number of nitrogens with zero attached hydrogens (tertiary/aromatic N) is 3. The largest absolute Gasteiger partial charge is 0.497 e. The molecular formula is C20H26ClN5O. The molecule has 3 N–H and O–H groups in total. The predicted octanol–water partition coefficient (Wildman–Crippen LogP) is 3.20. The highest BCUT2D eigenvalue weighted by atomic mass is 35.5. The molecule has 1 fully saturated rings. The molecule has 1 aromatic heterocycles. The molecule has 1 saturated heterocycles. The number of piperazine rings is 1. The Bertz CT molecular complexity index is 840. The predicted molar refractivity (Wildman–Crippen MR) is 113 cm³/mol. The van der Waals surface area contributed by atoms with Gasteiger partial charge in [-0.25, -0.2) is 4.98 Å². The van der Waals surface area contributed by atoms with E-state index in [4.69, 9.17) is 22.1 Å². The molecule has 6 nitrogen and oxygen atoms in total. The molecule has 0 saturated carbocycles. The molecule has 1 aromatic carbocycles. The molecule has 7 heteroatoms. The highest BCUT2D eigenvalue weighted by molar-refractivity contribution is 6.31. The second-order valence-electron chi connectivity index (χ2n) is 6.47. The summed E-state index contributed by atoms with van der Waals surface area (Å²) in [7, 11) is 0. The number of fused-ring (bicyclic) bond motifs is 1. The number of anilines is 2. The highest BCUT2D eigenvalue weighted by Gasteiger charge is 2.20. The Morgan fingerprint density at radius 2 is 2.00 bits per heavy atom. The topological polar surface area (TPSA) is 66.7 Å². The normalized spacial score (nSPS) is 14.3. The first-order valence-electron chi connectivity index (χ1n) is 9.07. The second-order valence-corrected chi connectivity index (χ2v) is 6.91. The summed E-state index contributed by atoms with van der Waals surface area (Å²) in [6.07, 6.45) is 0. The fourth-order valence-electron chi connectivity index (χ4n) is 3.25. The Morgan fingerprint density at radius 3 is 2.70 bits per heavy atom. The number of hydrogen-bond donors (Lipinski definition) is 2. The van der Waals surface area contributed by atoms with Crippen molar-refractivity contribution >= 4 is 34.0 Å². The van der Waals surface area contributed by atoms with Crippen LogP contribution in [0.4, 0.5) is 11.5 Å². The summed E-state index contributed by atoms with van der Waals surface area (Å²) in [4.78, 5) is 8.97. The Balaban J connectivity index is 1.65. The first kappa shape index (κ1) is 19.2. The number of benzene rings is 1. The fourth-order valence-corrected chi connectivity index (χ4v) is 3.42. The lowest BCUT2D eigenvalue weighted by Crippen LogP contribution is -2.48. The Labute approximate surface area is 165 Å². The summed E-state index contributed by atoms with van der Waals surface area (Å²) < 4.78 is 5.36. The van der Waals surface area contributed by atoms with Crippen molar-refractivity contribution in [2.24, 2.45) is 0 Å². The first-order chi connectivity index (χ1) is 13.0. The van der Waals surface area contributed by atoms with Crippen molar-refractivity contribution in [1.82, 2.24) is 15.2 Å². The molecule has 27 heavy (non-hydrogen) atoms. The van der Waals surface area contributed by atoms with Crippen molar-refractivity contribution in [2.45, 2.75) is 6.92 Å². The Hall–Kier alpha value is -2.60. The molecule has 2 heterocycles. The summed E-state index contributed by atoms with van der Waals surface area (Å²) in [5.41, 5.74) is 7.93. The minimum Gasteiger partial charge on any atom is -0.497 e. The average Bonchev–Trinajstić information content (AvgIpc) is 2.65. The van der Waals surface area contributed by atoms with Crippen LogP contribution in [0.25, 0.3) is 10.9 Å². The number of nitrogen functional groups attached to an aromatic ring is 1. The van der Waals surface area contributed by atoms with Crippen LogP contribution in [0, 0.1) is 0 Å². The number of nitrogens with one attached hydrogen (secondary N) is 1. The second kappa shape index (κ2) is 8.39. The van der Waals surface area contributed by atoms with Gasteiger partial charge in [-0.15, -0.1) is 0 Å². The molecule has 0 spiro atoms. The van der Waals surface area contributed by atoms with Crippen LogP contribution in [0.1, 0.15) is 6.92 Å². The molecule has 0 aliphatic carbocycles. The van der Waals surface area contributed by atoms with Gasteiger partial charge in [-0.1, -0.05) is 24.8 Å². The monoisotopic (exact) mass is 387 g/mol. The van der Waals surface area contributed by atoms with Crippen molar-refractivity contribution < 1.29 is 4.74 Å². The lowest BCUT2D eigenvalue weighted by molar-refractivity contribution is 0.219. The molecule has 0 radical (unpaired) electrons. The lowest BCUT2D eigenvalue weighted by Gasteiger charge is -2.38. The van der Waals surface area contributed by atoms with Gasteiger partial charge in [0.15, 0.2) is 0 Å². The van der Waals surface area contributed by atoms with Crippen LogP contribution in [0.5, 0.6) is 0 Å². The molecule has 0 bridgehead atoms. The van der Waals surface area contributed by atoms with E-state index >= 15 is 0 Å². The Kier molecular flexibility index (Phi) is 5.96. The molecule has 144 valence electrons. The maximum atomic E-state index is 6.10. The summed E-state index contributed by atoms with van der Waals surface area (Å²) in [5, 5.41) is 5.00. The molecule has 2 aromatic rings.